The van der Waals surface area contributed by atoms with E-state index < -0.39 is 54.2 Å². The molecule has 0 bridgehead atoms. The smallest absolute Gasteiger partial charge is 0.379 e. The fraction of sp³-hybridized carbons (Fsp3) is 1.00. The number of hydrogen-bond donors (Lipinski definition) is 6. The summed E-state index contributed by atoms with van der Waals surface area (Å²) < 4.78 is 63.1. The van der Waals surface area contributed by atoms with Crippen LogP contribution in [0.2, 0.25) is 0 Å². The van der Waals surface area contributed by atoms with E-state index in [-0.39, 0.29) is 13.2 Å². The molecular formula is C11H25O15P3. The third kappa shape index (κ3) is 10.4. The molecule has 6 N–H and O–H groups in total. The first-order valence-corrected chi connectivity index (χ1v) is 12.7. The standard InChI is InChI=1S/C11H25O15P3/c1-3-4-5-22-6-7-8(24-27(12,13)14)9(25-28(15,16)17)10(11(21-2)23-7)26-29(18,19)20/h7-11H,3-6H2,1-2H3,(H2,12,13,14)(H2,15,16,17)(H2,18,19,20)/t7-,8-,9+,10+,11?/m1/s1. The SMILES string of the molecule is CCCCOC[C@H]1OC(OC)[C@@H](OP(=O)(O)O)[C@@H](OP(=O)(O)O)[C@@H]1OP(=O)(O)O. The van der Waals surface area contributed by atoms with Crippen molar-refractivity contribution < 1.29 is 70.8 Å². The second-order valence-corrected chi connectivity index (χ2v) is 9.46. The molecule has 0 spiro atoms. The van der Waals surface area contributed by atoms with Gasteiger partial charge < -0.3 is 43.6 Å². The normalized spacial score (nSPS) is 29.2. The summed E-state index contributed by atoms with van der Waals surface area (Å²) in [7, 11) is -14.9. The van der Waals surface area contributed by atoms with Crippen LogP contribution in [-0.4, -0.2) is 80.4 Å². The van der Waals surface area contributed by atoms with Gasteiger partial charge in [-0.15, -0.1) is 0 Å². The van der Waals surface area contributed by atoms with Crippen molar-refractivity contribution >= 4 is 23.5 Å². The minimum absolute atomic E-state index is 0.225. The molecule has 1 aliphatic heterocycles. The van der Waals surface area contributed by atoms with Crippen molar-refractivity contribution in [2.75, 3.05) is 20.3 Å². The number of methoxy groups -OCH3 is 1. The van der Waals surface area contributed by atoms with Crippen molar-refractivity contribution in [1.82, 2.24) is 0 Å². The maximum absolute atomic E-state index is 11.4. The number of phosphoric ester groups is 3. The van der Waals surface area contributed by atoms with E-state index >= 15 is 0 Å². The van der Waals surface area contributed by atoms with Gasteiger partial charge in [0.05, 0.1) is 6.61 Å². The van der Waals surface area contributed by atoms with Gasteiger partial charge in [-0.25, -0.2) is 13.7 Å². The van der Waals surface area contributed by atoms with Crippen molar-refractivity contribution in [1.29, 1.82) is 0 Å². The average molecular weight is 490 g/mol. The second-order valence-electron chi connectivity index (χ2n) is 5.89. The van der Waals surface area contributed by atoms with E-state index in [1.807, 2.05) is 6.92 Å². The maximum Gasteiger partial charge on any atom is 0.470 e. The number of ether oxygens (including phenoxy) is 3. The third-order valence-electron chi connectivity index (χ3n) is 3.52. The quantitative estimate of drug-likeness (QED) is 0.151. The fourth-order valence-corrected chi connectivity index (χ4v) is 4.15. The first-order valence-electron chi connectivity index (χ1n) is 8.14. The van der Waals surface area contributed by atoms with Crippen LogP contribution in [0, 0.1) is 0 Å². The first kappa shape index (κ1) is 27.2. The second kappa shape index (κ2) is 11.2. The molecule has 0 radical (unpaired) electrons. The highest BCUT2D eigenvalue weighted by molar-refractivity contribution is 7.47. The summed E-state index contributed by atoms with van der Waals surface area (Å²) in [5.41, 5.74) is 0. The number of rotatable bonds is 12. The molecule has 1 rings (SSSR count). The van der Waals surface area contributed by atoms with Crippen LogP contribution in [0.4, 0.5) is 0 Å². The number of hydrogen-bond acceptors (Lipinski definition) is 9. The average Bonchev–Trinajstić information content (AvgIpc) is 2.52. The predicted octanol–water partition coefficient (Wildman–Crippen LogP) is -0.392. The Balaban J connectivity index is 3.29. The highest BCUT2D eigenvalue weighted by Gasteiger charge is 2.54. The molecule has 0 saturated carbocycles. The first-order chi connectivity index (χ1) is 13.2. The van der Waals surface area contributed by atoms with Crippen molar-refractivity contribution in [3.63, 3.8) is 0 Å². The molecule has 174 valence electrons. The van der Waals surface area contributed by atoms with Crippen LogP contribution < -0.4 is 0 Å². The monoisotopic (exact) mass is 490 g/mol. The van der Waals surface area contributed by atoms with E-state index in [4.69, 9.17) is 24.0 Å². The van der Waals surface area contributed by atoms with Crippen molar-refractivity contribution in [2.24, 2.45) is 0 Å². The minimum atomic E-state index is -5.36. The summed E-state index contributed by atoms with van der Waals surface area (Å²) in [6.07, 6.45) is -7.75. The molecule has 1 heterocycles. The largest absolute Gasteiger partial charge is 0.470 e. The Morgan fingerprint density at radius 1 is 0.828 bits per heavy atom. The molecule has 5 atom stereocenters. The van der Waals surface area contributed by atoms with Crippen LogP contribution in [0.5, 0.6) is 0 Å². The van der Waals surface area contributed by atoms with Crippen LogP contribution in [0.25, 0.3) is 0 Å². The highest BCUT2D eigenvalue weighted by atomic mass is 31.2. The van der Waals surface area contributed by atoms with E-state index in [2.05, 4.69) is 13.6 Å². The van der Waals surface area contributed by atoms with Crippen LogP contribution in [0.15, 0.2) is 0 Å². The Labute approximate surface area is 165 Å². The summed E-state index contributed by atoms with van der Waals surface area (Å²) in [5, 5.41) is 0. The molecule has 1 saturated heterocycles. The van der Waals surface area contributed by atoms with E-state index in [0.29, 0.717) is 6.42 Å². The zero-order valence-corrected chi connectivity index (χ0v) is 18.1. The van der Waals surface area contributed by atoms with E-state index in [1.54, 1.807) is 0 Å². The Hall–Kier alpha value is 0.210. The molecule has 18 heteroatoms. The molecule has 1 aliphatic rings. The summed E-state index contributed by atoms with van der Waals surface area (Å²) in [4.78, 5) is 54.9. The zero-order valence-electron chi connectivity index (χ0n) is 15.4. The zero-order chi connectivity index (χ0) is 22.5. The lowest BCUT2D eigenvalue weighted by molar-refractivity contribution is -0.287. The lowest BCUT2D eigenvalue weighted by Crippen LogP contribution is -2.61. The Morgan fingerprint density at radius 3 is 1.76 bits per heavy atom. The maximum atomic E-state index is 11.4. The molecule has 1 fully saturated rings. The van der Waals surface area contributed by atoms with Gasteiger partial charge >= 0.3 is 23.5 Å². The molecule has 0 aromatic carbocycles. The molecule has 29 heavy (non-hydrogen) atoms. The lowest BCUT2D eigenvalue weighted by atomic mass is 9.99. The molecule has 0 aromatic heterocycles. The van der Waals surface area contributed by atoms with Crippen molar-refractivity contribution in [3.8, 4) is 0 Å². The van der Waals surface area contributed by atoms with E-state index in [0.717, 1.165) is 13.5 Å². The number of unbranched alkanes of at least 4 members (excludes halogenated alkanes) is 1. The van der Waals surface area contributed by atoms with Gasteiger partial charge in [-0.1, -0.05) is 13.3 Å². The summed E-state index contributed by atoms with van der Waals surface area (Å²) in [6, 6.07) is 0. The molecule has 0 aromatic rings. The number of phosphoric acid groups is 3. The third-order valence-corrected chi connectivity index (χ3v) is 5.08. The van der Waals surface area contributed by atoms with Crippen LogP contribution in [0.1, 0.15) is 19.8 Å². The van der Waals surface area contributed by atoms with Gasteiger partial charge in [0.25, 0.3) is 0 Å². The van der Waals surface area contributed by atoms with E-state index in [1.165, 1.54) is 0 Å². The minimum Gasteiger partial charge on any atom is -0.379 e. The van der Waals surface area contributed by atoms with Gasteiger partial charge in [0.2, 0.25) is 0 Å². The van der Waals surface area contributed by atoms with Gasteiger partial charge in [0.1, 0.15) is 24.4 Å². The Kier molecular flexibility index (Phi) is 10.5. The topological polar surface area (TPSA) is 228 Å². The molecular weight excluding hydrogens is 465 g/mol. The van der Waals surface area contributed by atoms with Gasteiger partial charge in [0, 0.05) is 13.7 Å². The van der Waals surface area contributed by atoms with Crippen LogP contribution >= 0.6 is 23.5 Å². The van der Waals surface area contributed by atoms with Gasteiger partial charge in [-0.05, 0) is 6.42 Å². The predicted molar refractivity (Wildman–Crippen MR) is 92.1 cm³/mol. The molecule has 1 unspecified atom stereocenters. The highest BCUT2D eigenvalue weighted by Crippen LogP contribution is 2.50. The van der Waals surface area contributed by atoms with Crippen LogP contribution in [0.3, 0.4) is 0 Å². The van der Waals surface area contributed by atoms with Crippen molar-refractivity contribution in [3.05, 3.63) is 0 Å². The van der Waals surface area contributed by atoms with Gasteiger partial charge in [-0.3, -0.25) is 13.6 Å². The van der Waals surface area contributed by atoms with Gasteiger partial charge in [-0.2, -0.15) is 0 Å². The molecule has 0 amide bonds. The van der Waals surface area contributed by atoms with Crippen molar-refractivity contribution in [2.45, 2.75) is 50.5 Å². The molecule has 15 nitrogen and oxygen atoms in total. The summed E-state index contributed by atoms with van der Waals surface area (Å²) in [6.45, 7) is 1.74. The Morgan fingerprint density at radius 2 is 1.31 bits per heavy atom. The van der Waals surface area contributed by atoms with Gasteiger partial charge in [0.15, 0.2) is 6.29 Å². The van der Waals surface area contributed by atoms with E-state index in [9.17, 15) is 33.3 Å². The summed E-state index contributed by atoms with van der Waals surface area (Å²) >= 11 is 0. The lowest BCUT2D eigenvalue weighted by Gasteiger charge is -2.44. The molecule has 0 aliphatic carbocycles. The van der Waals surface area contributed by atoms with Crippen LogP contribution in [-0.2, 0) is 41.5 Å². The Bertz CT molecular complexity index is 639. The summed E-state index contributed by atoms with van der Waals surface area (Å²) in [5.74, 6) is 0. The fourth-order valence-electron chi connectivity index (χ4n) is 2.48.